The summed E-state index contributed by atoms with van der Waals surface area (Å²) in [5.41, 5.74) is 2.10. The monoisotopic (exact) mass is 496 g/mol. The maximum Gasteiger partial charge on any atom is 0.340 e. The summed E-state index contributed by atoms with van der Waals surface area (Å²) in [5.74, 6) is -3.91. The molecule has 1 aromatic carbocycles. The van der Waals surface area contributed by atoms with Crippen LogP contribution in [0.1, 0.15) is 61.9 Å². The van der Waals surface area contributed by atoms with Crippen molar-refractivity contribution in [2.45, 2.75) is 97.8 Å². The van der Waals surface area contributed by atoms with Crippen LogP contribution in [0.2, 0.25) is 19.6 Å². The second kappa shape index (κ2) is 8.29. The second-order valence-electron chi connectivity index (χ2n) is 11.9. The van der Waals surface area contributed by atoms with Crippen molar-refractivity contribution in [2.75, 3.05) is 13.1 Å². The van der Waals surface area contributed by atoms with Crippen molar-refractivity contribution in [2.24, 2.45) is 0 Å². The number of carbonyl (C=O) groups is 2. The first-order chi connectivity index (χ1) is 15.3. The molecule has 6 nitrogen and oxygen atoms in total. The number of carboxylic acids is 1. The molecule has 2 aliphatic heterocycles. The van der Waals surface area contributed by atoms with Gasteiger partial charge in [0.1, 0.15) is 0 Å². The van der Waals surface area contributed by atoms with Crippen molar-refractivity contribution in [3.05, 3.63) is 27.8 Å². The van der Waals surface area contributed by atoms with Crippen LogP contribution >= 0.6 is 0 Å². The van der Waals surface area contributed by atoms with E-state index in [1.54, 1.807) is 11.8 Å². The van der Waals surface area contributed by atoms with E-state index in [-0.39, 0.29) is 19.5 Å². The van der Waals surface area contributed by atoms with Crippen LogP contribution < -0.4 is 5.19 Å². The molecule has 2 heterocycles. The molecule has 34 heavy (non-hydrogen) atoms. The number of nitrogens with zero attached hydrogens (tertiary/aromatic N) is 2. The fourth-order valence-electron chi connectivity index (χ4n) is 5.58. The number of carboxylic acid groups (broad SMARTS) is 1. The number of ether oxygens (including phenoxy) is 1. The first-order valence-electron chi connectivity index (χ1n) is 11.8. The van der Waals surface area contributed by atoms with E-state index >= 15 is 0 Å². The number of urea groups is 1. The van der Waals surface area contributed by atoms with E-state index in [2.05, 4.69) is 19.6 Å². The van der Waals surface area contributed by atoms with Gasteiger partial charge < -0.3 is 19.6 Å². The Morgan fingerprint density at radius 3 is 1.94 bits per heavy atom. The molecule has 2 amide bonds. The van der Waals surface area contributed by atoms with E-state index in [4.69, 9.17) is 4.74 Å². The van der Waals surface area contributed by atoms with Gasteiger partial charge in [-0.1, -0.05) is 19.6 Å². The first kappa shape index (κ1) is 26.6. The number of alkyl halides is 2. The number of carbonyl (C=O) groups excluding carboxylic acids is 1. The van der Waals surface area contributed by atoms with Gasteiger partial charge in [0, 0.05) is 26.1 Å². The summed E-state index contributed by atoms with van der Waals surface area (Å²) in [6, 6.07) is -0.393. The predicted octanol–water partition coefficient (Wildman–Crippen LogP) is 4.74. The van der Waals surface area contributed by atoms with Crippen molar-refractivity contribution < 1.29 is 28.2 Å². The quantitative estimate of drug-likeness (QED) is 0.612. The molecule has 3 rings (SSSR count). The van der Waals surface area contributed by atoms with Gasteiger partial charge >= 0.3 is 12.0 Å². The Kier molecular flexibility index (Phi) is 6.49. The van der Waals surface area contributed by atoms with E-state index in [0.29, 0.717) is 12.1 Å². The third-order valence-corrected chi connectivity index (χ3v) is 8.95. The molecule has 1 N–H and O–H groups in total. The van der Waals surface area contributed by atoms with Crippen LogP contribution in [0.25, 0.3) is 0 Å². The minimum absolute atomic E-state index is 0.0402. The lowest BCUT2D eigenvalue weighted by Gasteiger charge is -2.39. The third kappa shape index (κ3) is 4.73. The zero-order chi connectivity index (χ0) is 26.0. The maximum atomic E-state index is 13.7. The van der Waals surface area contributed by atoms with Crippen molar-refractivity contribution in [1.82, 2.24) is 9.80 Å². The third-order valence-electron chi connectivity index (χ3n) is 6.82. The van der Waals surface area contributed by atoms with Crippen LogP contribution in [-0.2, 0) is 28.2 Å². The van der Waals surface area contributed by atoms with Gasteiger partial charge in [-0.2, -0.15) is 0 Å². The highest BCUT2D eigenvalue weighted by Crippen LogP contribution is 2.40. The van der Waals surface area contributed by atoms with E-state index in [1.807, 2.05) is 34.6 Å². The summed E-state index contributed by atoms with van der Waals surface area (Å²) < 4.78 is 33.7. The van der Waals surface area contributed by atoms with Crippen LogP contribution in [0.4, 0.5) is 13.6 Å². The van der Waals surface area contributed by atoms with Gasteiger partial charge in [0.15, 0.2) is 5.60 Å². The van der Waals surface area contributed by atoms with Crippen LogP contribution in [0.15, 0.2) is 0 Å². The fraction of sp³-hybridized carbons (Fsp3) is 0.680. The molecule has 0 bridgehead atoms. The molecule has 2 aliphatic rings. The molecule has 1 atom stereocenters. The molecule has 9 heteroatoms. The molecule has 0 aliphatic carbocycles. The van der Waals surface area contributed by atoms with E-state index in [0.717, 1.165) is 27.4 Å². The number of aliphatic carboxylic acids is 1. The Morgan fingerprint density at radius 2 is 1.53 bits per heavy atom. The van der Waals surface area contributed by atoms with E-state index in [1.165, 1.54) is 4.90 Å². The highest BCUT2D eigenvalue weighted by atomic mass is 28.3. The van der Waals surface area contributed by atoms with Crippen molar-refractivity contribution in [3.8, 4) is 0 Å². The van der Waals surface area contributed by atoms with Gasteiger partial charge in [-0.3, -0.25) is 0 Å². The molecule has 0 saturated carbocycles. The lowest BCUT2D eigenvalue weighted by molar-refractivity contribution is -0.183. The Bertz CT molecular complexity index is 1030. The standard InChI is InChI=1S/C25H38F2N2O4Si/c1-15-17-12-29(22(32)28-11-10-25(26,27)14-28)13-18(17)16(2)20(34(7,8)9)19(15)24(6,21(30)31)33-23(3,4)5/h10-14H2,1-9H3,(H,30,31). The Labute approximate surface area is 202 Å². The molecular weight excluding hydrogens is 458 g/mol. The molecule has 1 aromatic rings. The van der Waals surface area contributed by atoms with Gasteiger partial charge in [-0.25, -0.2) is 18.4 Å². The average Bonchev–Trinajstić information content (AvgIpc) is 3.25. The van der Waals surface area contributed by atoms with Crippen molar-refractivity contribution >= 4 is 25.3 Å². The van der Waals surface area contributed by atoms with E-state index < -0.39 is 43.7 Å². The number of likely N-dealkylation sites (tertiary alicyclic amines) is 1. The molecule has 190 valence electrons. The van der Waals surface area contributed by atoms with Crippen molar-refractivity contribution in [3.63, 3.8) is 0 Å². The lowest BCUT2D eigenvalue weighted by atomic mass is 9.84. The second-order valence-corrected chi connectivity index (χ2v) is 16.9. The molecule has 1 fully saturated rings. The average molecular weight is 497 g/mol. The topological polar surface area (TPSA) is 70.1 Å². The number of benzene rings is 1. The Balaban J connectivity index is 2.16. The van der Waals surface area contributed by atoms with Gasteiger partial charge in [-0.05, 0) is 74.5 Å². The maximum absolute atomic E-state index is 13.7. The van der Waals surface area contributed by atoms with Gasteiger partial charge in [0.2, 0.25) is 0 Å². The number of fused-ring (bicyclic) bond motifs is 1. The smallest absolute Gasteiger partial charge is 0.340 e. The SMILES string of the molecule is Cc1c2c(c(C)c([Si](C)(C)C)c1C(C)(OC(C)(C)C)C(=O)O)CN(C(=O)N1CCC(F)(F)C1)C2. The highest BCUT2D eigenvalue weighted by Gasteiger charge is 2.47. The molecule has 1 saturated heterocycles. The molecule has 0 aromatic heterocycles. The van der Waals surface area contributed by atoms with Gasteiger partial charge in [0.05, 0.1) is 20.2 Å². The van der Waals surface area contributed by atoms with Crippen LogP contribution in [0.3, 0.4) is 0 Å². The largest absolute Gasteiger partial charge is 0.479 e. The minimum Gasteiger partial charge on any atom is -0.479 e. The number of halogens is 2. The fourth-order valence-corrected chi connectivity index (χ4v) is 8.03. The summed E-state index contributed by atoms with van der Waals surface area (Å²) in [5, 5.41) is 11.4. The summed E-state index contributed by atoms with van der Waals surface area (Å²) in [6.45, 7) is 17.6. The van der Waals surface area contributed by atoms with Gasteiger partial charge in [0.25, 0.3) is 5.92 Å². The minimum atomic E-state index is -2.85. The summed E-state index contributed by atoms with van der Waals surface area (Å²) in [6.07, 6.45) is -0.317. The molecule has 1 unspecified atom stereocenters. The molecule has 0 radical (unpaired) electrons. The number of rotatable bonds is 4. The zero-order valence-corrected chi connectivity index (χ0v) is 22.9. The highest BCUT2D eigenvalue weighted by molar-refractivity contribution is 6.89. The Morgan fingerprint density at radius 1 is 1.00 bits per heavy atom. The van der Waals surface area contributed by atoms with Crippen LogP contribution in [-0.4, -0.2) is 59.6 Å². The number of hydrogen-bond donors (Lipinski definition) is 1. The number of hydrogen-bond acceptors (Lipinski definition) is 3. The molecule has 0 spiro atoms. The molecular formula is C25H38F2N2O4Si. The first-order valence-corrected chi connectivity index (χ1v) is 15.3. The summed E-state index contributed by atoms with van der Waals surface area (Å²) in [4.78, 5) is 28.6. The summed E-state index contributed by atoms with van der Waals surface area (Å²) >= 11 is 0. The van der Waals surface area contributed by atoms with Gasteiger partial charge in [-0.15, -0.1) is 0 Å². The van der Waals surface area contributed by atoms with E-state index in [9.17, 15) is 23.5 Å². The normalized spacial score (nSPS) is 19.9. The van der Waals surface area contributed by atoms with Crippen LogP contribution in [0, 0.1) is 13.8 Å². The summed E-state index contributed by atoms with van der Waals surface area (Å²) in [7, 11) is -2.08. The van der Waals surface area contributed by atoms with Crippen molar-refractivity contribution in [1.29, 1.82) is 0 Å². The lowest BCUT2D eigenvalue weighted by Crippen LogP contribution is -2.52. The Hall–Kier alpha value is -2.00. The zero-order valence-electron chi connectivity index (χ0n) is 21.9. The predicted molar refractivity (Wildman–Crippen MR) is 131 cm³/mol. The van der Waals surface area contributed by atoms with Crippen LogP contribution in [0.5, 0.6) is 0 Å². The number of amides is 2.